The molecule has 0 fully saturated rings. The number of aromatic nitrogens is 1. The number of carbonyl (C=O) groups is 1. The number of fused-ring (bicyclic) bond motifs is 2. The van der Waals surface area contributed by atoms with E-state index in [2.05, 4.69) is 33.4 Å². The Morgan fingerprint density at radius 2 is 1.82 bits per heavy atom. The van der Waals surface area contributed by atoms with Gasteiger partial charge in [0.15, 0.2) is 0 Å². The van der Waals surface area contributed by atoms with Crippen molar-refractivity contribution in [1.29, 1.82) is 0 Å². The summed E-state index contributed by atoms with van der Waals surface area (Å²) in [5.41, 5.74) is 4.83. The Morgan fingerprint density at radius 1 is 1.00 bits per heavy atom. The number of rotatable bonds is 1. The number of hydrogen-bond donors (Lipinski definition) is 1. The molecule has 0 bridgehead atoms. The summed E-state index contributed by atoms with van der Waals surface area (Å²) in [6.45, 7) is 0.676. The molecule has 2 aromatic carbocycles. The van der Waals surface area contributed by atoms with Gasteiger partial charge in [0.05, 0.1) is 0 Å². The molecular formula is C18H13BrN2O. The van der Waals surface area contributed by atoms with E-state index in [0.717, 1.165) is 26.9 Å². The molecule has 0 aliphatic carbocycles. The van der Waals surface area contributed by atoms with Gasteiger partial charge in [-0.1, -0.05) is 46.3 Å². The molecule has 1 N–H and O–H groups in total. The highest BCUT2D eigenvalue weighted by Gasteiger charge is 2.20. The standard InChI is InChI=1S/C18H13BrN2O/c19-15-6-7-16-14(8-15)11-21-10-13(9-17(21)18(22)20-16)12-4-2-1-3-5-12/h1-10H,11H2,(H,20,22). The summed E-state index contributed by atoms with van der Waals surface area (Å²) in [7, 11) is 0. The summed E-state index contributed by atoms with van der Waals surface area (Å²) in [5.74, 6) is -0.0664. The van der Waals surface area contributed by atoms with Crippen molar-refractivity contribution in [3.8, 4) is 11.1 Å². The van der Waals surface area contributed by atoms with Crippen molar-refractivity contribution >= 4 is 27.5 Å². The second kappa shape index (κ2) is 5.14. The monoisotopic (exact) mass is 352 g/mol. The first-order chi connectivity index (χ1) is 10.7. The highest BCUT2D eigenvalue weighted by Crippen LogP contribution is 2.29. The molecule has 4 heteroatoms. The summed E-state index contributed by atoms with van der Waals surface area (Å²) < 4.78 is 3.02. The quantitative estimate of drug-likeness (QED) is 0.685. The van der Waals surface area contributed by atoms with Crippen LogP contribution < -0.4 is 5.32 Å². The lowest BCUT2D eigenvalue weighted by Crippen LogP contribution is -2.12. The van der Waals surface area contributed by atoms with Crippen molar-refractivity contribution < 1.29 is 4.79 Å². The third-order valence-electron chi connectivity index (χ3n) is 3.89. The molecule has 108 valence electrons. The maximum atomic E-state index is 12.5. The molecule has 0 radical (unpaired) electrons. The molecule has 3 nitrogen and oxygen atoms in total. The van der Waals surface area contributed by atoms with E-state index < -0.39 is 0 Å². The molecule has 1 aromatic heterocycles. The van der Waals surface area contributed by atoms with Crippen molar-refractivity contribution in [3.63, 3.8) is 0 Å². The maximum absolute atomic E-state index is 12.5. The zero-order valence-corrected chi connectivity index (χ0v) is 13.3. The van der Waals surface area contributed by atoms with Crippen LogP contribution in [0.2, 0.25) is 0 Å². The molecule has 1 aliphatic heterocycles. The average molecular weight is 353 g/mol. The lowest BCUT2D eigenvalue weighted by Gasteiger charge is -2.07. The highest BCUT2D eigenvalue weighted by atomic mass is 79.9. The summed E-state index contributed by atoms with van der Waals surface area (Å²) in [6, 6.07) is 18.0. The van der Waals surface area contributed by atoms with Crippen LogP contribution in [0.5, 0.6) is 0 Å². The number of carbonyl (C=O) groups excluding carboxylic acids is 1. The minimum absolute atomic E-state index is 0.0664. The van der Waals surface area contributed by atoms with Gasteiger partial charge in [-0.2, -0.15) is 0 Å². The topological polar surface area (TPSA) is 34.0 Å². The fourth-order valence-corrected chi connectivity index (χ4v) is 3.21. The van der Waals surface area contributed by atoms with Crippen LogP contribution in [0.1, 0.15) is 16.1 Å². The third-order valence-corrected chi connectivity index (χ3v) is 4.39. The average Bonchev–Trinajstić information content (AvgIpc) is 2.90. The Kier molecular flexibility index (Phi) is 3.12. The van der Waals surface area contributed by atoms with Crippen LogP contribution in [0.4, 0.5) is 5.69 Å². The first-order valence-electron chi connectivity index (χ1n) is 7.06. The van der Waals surface area contributed by atoms with Crippen LogP contribution in [-0.2, 0) is 6.54 Å². The largest absolute Gasteiger partial charge is 0.338 e. The van der Waals surface area contributed by atoms with Gasteiger partial charge in [0, 0.05) is 28.5 Å². The molecule has 4 rings (SSSR count). The number of nitrogens with zero attached hydrogens (tertiary/aromatic N) is 1. The third kappa shape index (κ3) is 2.25. The lowest BCUT2D eigenvalue weighted by atomic mass is 10.1. The van der Waals surface area contributed by atoms with Gasteiger partial charge in [0.25, 0.3) is 5.91 Å². The van der Waals surface area contributed by atoms with E-state index in [1.807, 2.05) is 53.2 Å². The Morgan fingerprint density at radius 3 is 2.64 bits per heavy atom. The summed E-state index contributed by atoms with van der Waals surface area (Å²) in [4.78, 5) is 12.5. The van der Waals surface area contributed by atoms with Gasteiger partial charge >= 0.3 is 0 Å². The van der Waals surface area contributed by atoms with Gasteiger partial charge in [-0.15, -0.1) is 0 Å². The predicted molar refractivity (Wildman–Crippen MR) is 91.1 cm³/mol. The molecule has 0 unspecified atom stereocenters. The molecule has 3 aromatic rings. The number of anilines is 1. The van der Waals surface area contributed by atoms with E-state index in [4.69, 9.17) is 0 Å². The Labute approximate surface area is 136 Å². The van der Waals surface area contributed by atoms with Crippen molar-refractivity contribution in [1.82, 2.24) is 4.57 Å². The lowest BCUT2D eigenvalue weighted by molar-refractivity contribution is 0.102. The van der Waals surface area contributed by atoms with Gasteiger partial charge in [0.2, 0.25) is 0 Å². The van der Waals surface area contributed by atoms with E-state index in [9.17, 15) is 4.79 Å². The van der Waals surface area contributed by atoms with Crippen molar-refractivity contribution in [2.75, 3.05) is 5.32 Å². The smallest absolute Gasteiger partial charge is 0.272 e. The number of nitrogens with one attached hydrogen (secondary N) is 1. The Bertz CT molecular complexity index is 868. The number of hydrogen-bond acceptors (Lipinski definition) is 1. The van der Waals surface area contributed by atoms with Gasteiger partial charge in [-0.05, 0) is 35.4 Å². The van der Waals surface area contributed by atoms with Crippen LogP contribution in [0.3, 0.4) is 0 Å². The van der Waals surface area contributed by atoms with Crippen LogP contribution >= 0.6 is 15.9 Å². The molecule has 0 atom stereocenters. The van der Waals surface area contributed by atoms with Crippen LogP contribution in [0.15, 0.2) is 65.3 Å². The molecule has 0 saturated heterocycles. The number of benzene rings is 2. The molecule has 22 heavy (non-hydrogen) atoms. The number of halogens is 1. The van der Waals surface area contributed by atoms with Crippen LogP contribution in [0.25, 0.3) is 11.1 Å². The van der Waals surface area contributed by atoms with Crippen molar-refractivity contribution in [2.24, 2.45) is 0 Å². The Balaban J connectivity index is 1.82. The second-order valence-electron chi connectivity index (χ2n) is 5.36. The highest BCUT2D eigenvalue weighted by molar-refractivity contribution is 9.10. The van der Waals surface area contributed by atoms with E-state index in [1.54, 1.807) is 0 Å². The van der Waals surface area contributed by atoms with Crippen molar-refractivity contribution in [3.05, 3.63) is 76.5 Å². The molecule has 1 aliphatic rings. The summed E-state index contributed by atoms with van der Waals surface area (Å²) in [5, 5.41) is 2.99. The zero-order chi connectivity index (χ0) is 15.1. The van der Waals surface area contributed by atoms with Gasteiger partial charge in [0.1, 0.15) is 5.69 Å². The maximum Gasteiger partial charge on any atom is 0.272 e. The van der Waals surface area contributed by atoms with Gasteiger partial charge < -0.3 is 9.88 Å². The fraction of sp³-hybridized carbons (Fsp3) is 0.0556. The molecule has 0 saturated carbocycles. The first-order valence-corrected chi connectivity index (χ1v) is 7.85. The predicted octanol–water partition coefficient (Wildman–Crippen LogP) is 4.53. The molecule has 2 heterocycles. The molecule has 0 spiro atoms. The van der Waals surface area contributed by atoms with E-state index in [-0.39, 0.29) is 5.91 Å². The summed E-state index contributed by atoms with van der Waals surface area (Å²) in [6.07, 6.45) is 2.04. The summed E-state index contributed by atoms with van der Waals surface area (Å²) >= 11 is 3.49. The zero-order valence-electron chi connectivity index (χ0n) is 11.7. The molecular weight excluding hydrogens is 340 g/mol. The fourth-order valence-electron chi connectivity index (χ4n) is 2.81. The normalized spacial score (nSPS) is 13.0. The second-order valence-corrected chi connectivity index (χ2v) is 6.28. The minimum Gasteiger partial charge on any atom is -0.338 e. The van der Waals surface area contributed by atoms with E-state index in [1.165, 1.54) is 0 Å². The number of amides is 1. The Hall–Kier alpha value is -2.33. The van der Waals surface area contributed by atoms with E-state index >= 15 is 0 Å². The first kappa shape index (κ1) is 13.3. The van der Waals surface area contributed by atoms with Crippen LogP contribution in [0, 0.1) is 0 Å². The van der Waals surface area contributed by atoms with Gasteiger partial charge in [-0.25, -0.2) is 0 Å². The van der Waals surface area contributed by atoms with Crippen LogP contribution in [-0.4, -0.2) is 10.5 Å². The minimum atomic E-state index is -0.0664. The molecule has 1 amide bonds. The van der Waals surface area contributed by atoms with Gasteiger partial charge in [-0.3, -0.25) is 4.79 Å². The van der Waals surface area contributed by atoms with Crippen molar-refractivity contribution in [2.45, 2.75) is 6.54 Å². The SMILES string of the molecule is O=C1Nc2ccc(Br)cc2Cn2cc(-c3ccccc3)cc21. The van der Waals surface area contributed by atoms with E-state index in [0.29, 0.717) is 12.2 Å².